The third kappa shape index (κ3) is 2.39. The molecule has 1 heterocycles. The van der Waals surface area contributed by atoms with Gasteiger partial charge in [0.05, 0.1) is 6.26 Å². The molecule has 1 N–H and O–H groups in total. The van der Waals surface area contributed by atoms with Crippen molar-refractivity contribution in [2.24, 2.45) is 0 Å². The highest BCUT2D eigenvalue weighted by Gasteiger charge is 1.92. The molecule has 0 radical (unpaired) electrons. The summed E-state index contributed by atoms with van der Waals surface area (Å²) in [7, 11) is 0. The zero-order chi connectivity index (χ0) is 8.10. The largest absolute Gasteiger partial charge is 0.465 e. The fourth-order valence-electron chi connectivity index (χ4n) is 0.614. The molecule has 0 atom stereocenters. The van der Waals surface area contributed by atoms with Crippen molar-refractivity contribution in [1.29, 1.82) is 0 Å². The Morgan fingerprint density at radius 2 is 2.55 bits per heavy atom. The Bertz CT molecular complexity index is 246. The molecule has 0 bridgehead atoms. The molecule has 0 aromatic carbocycles. The van der Waals surface area contributed by atoms with Crippen molar-refractivity contribution >= 4 is 11.9 Å². The van der Waals surface area contributed by atoms with Gasteiger partial charge in [0.1, 0.15) is 12.4 Å². The summed E-state index contributed by atoms with van der Waals surface area (Å²) in [4.78, 5) is 10.5. The van der Waals surface area contributed by atoms with E-state index in [0.29, 0.717) is 5.76 Å². The molecule has 1 aromatic rings. The van der Waals surface area contributed by atoms with Crippen LogP contribution in [0.4, 0.5) is 0 Å². The van der Waals surface area contributed by atoms with Gasteiger partial charge in [-0.2, -0.15) is 0 Å². The minimum absolute atomic E-state index is 0.332. The summed E-state index contributed by atoms with van der Waals surface area (Å²) in [5, 5.41) is 8.33. The first-order valence-electron chi connectivity index (χ1n) is 3.18. The van der Waals surface area contributed by atoms with E-state index in [-0.39, 0.29) is 5.78 Å². The molecular formula is C8H8O3. The first-order chi connectivity index (χ1) is 5.33. The standard InChI is InChI=1S/C8H8O3/c9-6-7(10)3-4-8-2-1-5-11-8/h1-5,9H,6H2/b4-3+. The summed E-state index contributed by atoms with van der Waals surface area (Å²) >= 11 is 0. The van der Waals surface area contributed by atoms with E-state index in [9.17, 15) is 4.79 Å². The smallest absolute Gasteiger partial charge is 0.181 e. The summed E-state index contributed by atoms with van der Waals surface area (Å²) in [6.45, 7) is -0.461. The monoisotopic (exact) mass is 152 g/mol. The van der Waals surface area contributed by atoms with Crippen molar-refractivity contribution in [3.63, 3.8) is 0 Å². The van der Waals surface area contributed by atoms with E-state index in [0.717, 1.165) is 0 Å². The van der Waals surface area contributed by atoms with E-state index >= 15 is 0 Å². The summed E-state index contributed by atoms with van der Waals surface area (Å²) in [6.07, 6.45) is 4.31. The van der Waals surface area contributed by atoms with Crippen molar-refractivity contribution in [2.75, 3.05) is 6.61 Å². The van der Waals surface area contributed by atoms with Crippen molar-refractivity contribution < 1.29 is 14.3 Å². The van der Waals surface area contributed by atoms with Gasteiger partial charge in [0.25, 0.3) is 0 Å². The van der Waals surface area contributed by atoms with Gasteiger partial charge in [0, 0.05) is 0 Å². The molecule has 11 heavy (non-hydrogen) atoms. The van der Waals surface area contributed by atoms with E-state index < -0.39 is 6.61 Å². The van der Waals surface area contributed by atoms with Crippen LogP contribution in [0.1, 0.15) is 5.76 Å². The van der Waals surface area contributed by atoms with Crippen LogP contribution in [0, 0.1) is 0 Å². The number of aliphatic hydroxyl groups is 1. The van der Waals surface area contributed by atoms with Gasteiger partial charge in [-0.3, -0.25) is 4.79 Å². The van der Waals surface area contributed by atoms with Crippen molar-refractivity contribution in [2.45, 2.75) is 0 Å². The van der Waals surface area contributed by atoms with Crippen LogP contribution < -0.4 is 0 Å². The quantitative estimate of drug-likeness (QED) is 0.653. The van der Waals surface area contributed by atoms with E-state index in [1.165, 1.54) is 18.4 Å². The average Bonchev–Trinajstić information content (AvgIpc) is 2.52. The molecule has 0 aliphatic heterocycles. The van der Waals surface area contributed by atoms with Gasteiger partial charge in [0.2, 0.25) is 0 Å². The zero-order valence-corrected chi connectivity index (χ0v) is 5.86. The minimum atomic E-state index is -0.461. The Kier molecular flexibility index (Phi) is 2.63. The first kappa shape index (κ1) is 7.75. The Balaban J connectivity index is 2.55. The lowest BCUT2D eigenvalue weighted by molar-refractivity contribution is -0.117. The summed E-state index contributed by atoms with van der Waals surface area (Å²) < 4.78 is 4.91. The number of hydrogen-bond acceptors (Lipinski definition) is 3. The van der Waals surface area contributed by atoms with E-state index in [1.54, 1.807) is 12.1 Å². The number of rotatable bonds is 3. The molecule has 0 unspecified atom stereocenters. The Labute approximate surface area is 64.0 Å². The maximum Gasteiger partial charge on any atom is 0.181 e. The molecule has 0 saturated carbocycles. The highest BCUT2D eigenvalue weighted by atomic mass is 16.3. The summed E-state index contributed by atoms with van der Waals surface area (Å²) in [5.41, 5.74) is 0. The SMILES string of the molecule is O=C(/C=C/c1ccco1)CO. The number of carbonyl (C=O) groups is 1. The third-order valence-corrected chi connectivity index (χ3v) is 1.13. The molecule has 0 saturated heterocycles. The van der Waals surface area contributed by atoms with Crippen molar-refractivity contribution in [1.82, 2.24) is 0 Å². The second-order valence-corrected chi connectivity index (χ2v) is 1.97. The van der Waals surface area contributed by atoms with E-state index in [1.807, 2.05) is 0 Å². The minimum Gasteiger partial charge on any atom is -0.465 e. The lowest BCUT2D eigenvalue weighted by Crippen LogP contribution is -1.97. The molecule has 58 valence electrons. The highest BCUT2D eigenvalue weighted by Crippen LogP contribution is 2.01. The van der Waals surface area contributed by atoms with E-state index in [2.05, 4.69) is 0 Å². The second-order valence-electron chi connectivity index (χ2n) is 1.97. The number of hydrogen-bond donors (Lipinski definition) is 1. The van der Waals surface area contributed by atoms with E-state index in [4.69, 9.17) is 9.52 Å². The lowest BCUT2D eigenvalue weighted by atomic mass is 10.3. The van der Waals surface area contributed by atoms with Crippen molar-refractivity contribution in [3.8, 4) is 0 Å². The van der Waals surface area contributed by atoms with Crippen LogP contribution in [0.5, 0.6) is 0 Å². The van der Waals surface area contributed by atoms with Crippen LogP contribution in [0.25, 0.3) is 6.08 Å². The number of furan rings is 1. The number of ketones is 1. The lowest BCUT2D eigenvalue weighted by Gasteiger charge is -1.83. The maximum atomic E-state index is 10.5. The molecule has 1 aromatic heterocycles. The number of aliphatic hydroxyl groups excluding tert-OH is 1. The van der Waals surface area contributed by atoms with Crippen LogP contribution >= 0.6 is 0 Å². The van der Waals surface area contributed by atoms with Crippen LogP contribution in [0.15, 0.2) is 28.9 Å². The fraction of sp³-hybridized carbons (Fsp3) is 0.125. The molecule has 0 aliphatic rings. The Morgan fingerprint density at radius 1 is 1.73 bits per heavy atom. The molecule has 3 heteroatoms. The zero-order valence-electron chi connectivity index (χ0n) is 5.86. The molecule has 0 aliphatic carbocycles. The molecule has 0 spiro atoms. The van der Waals surface area contributed by atoms with Gasteiger partial charge in [-0.15, -0.1) is 0 Å². The van der Waals surface area contributed by atoms with Gasteiger partial charge in [-0.1, -0.05) is 0 Å². The van der Waals surface area contributed by atoms with Crippen LogP contribution in [-0.4, -0.2) is 17.5 Å². The molecule has 0 amide bonds. The van der Waals surface area contributed by atoms with Gasteiger partial charge in [-0.05, 0) is 24.3 Å². The predicted octanol–water partition coefficient (Wildman–Crippen LogP) is 0.854. The summed E-state index contributed by atoms with van der Waals surface area (Å²) in [6, 6.07) is 3.45. The first-order valence-corrected chi connectivity index (χ1v) is 3.18. The van der Waals surface area contributed by atoms with Gasteiger partial charge in [-0.25, -0.2) is 0 Å². The maximum absolute atomic E-state index is 10.5. The van der Waals surface area contributed by atoms with Crippen LogP contribution in [-0.2, 0) is 4.79 Å². The van der Waals surface area contributed by atoms with Gasteiger partial charge >= 0.3 is 0 Å². The molecule has 3 nitrogen and oxygen atoms in total. The predicted molar refractivity (Wildman–Crippen MR) is 39.8 cm³/mol. The van der Waals surface area contributed by atoms with Crippen molar-refractivity contribution in [3.05, 3.63) is 30.2 Å². The fourth-order valence-corrected chi connectivity index (χ4v) is 0.614. The molecule has 1 rings (SSSR count). The highest BCUT2D eigenvalue weighted by molar-refractivity contribution is 5.93. The average molecular weight is 152 g/mol. The summed E-state index contributed by atoms with van der Waals surface area (Å²) in [5.74, 6) is 0.271. The van der Waals surface area contributed by atoms with Gasteiger partial charge in [0.15, 0.2) is 5.78 Å². The van der Waals surface area contributed by atoms with Gasteiger partial charge < -0.3 is 9.52 Å². The third-order valence-electron chi connectivity index (χ3n) is 1.13. The normalized spacial score (nSPS) is 10.6. The number of carbonyl (C=O) groups excluding carboxylic acids is 1. The Hall–Kier alpha value is -1.35. The van der Waals surface area contributed by atoms with Crippen LogP contribution in [0.3, 0.4) is 0 Å². The Morgan fingerprint density at radius 3 is 3.09 bits per heavy atom. The molecule has 0 fully saturated rings. The topological polar surface area (TPSA) is 50.4 Å². The second kappa shape index (κ2) is 3.73. The van der Waals surface area contributed by atoms with Crippen LogP contribution in [0.2, 0.25) is 0 Å². The molecular weight excluding hydrogens is 144 g/mol.